The molecule has 1 N–H and O–H groups in total. The second kappa shape index (κ2) is 3.87. The molecule has 0 aromatic rings. The monoisotopic (exact) mass is 198 g/mol. The molecule has 2 heterocycles. The molecule has 2 fully saturated rings. The van der Waals surface area contributed by atoms with E-state index < -0.39 is 0 Å². The first kappa shape index (κ1) is 9.93. The van der Waals surface area contributed by atoms with Crippen LogP contribution in [-0.2, 0) is 4.79 Å². The third-order valence-electron chi connectivity index (χ3n) is 3.17. The SMILES string of the molecule is CC(=O)N1CC(CN2CC[C@H](O)C2)C1. The van der Waals surface area contributed by atoms with Crippen molar-refractivity contribution in [2.24, 2.45) is 5.92 Å². The maximum Gasteiger partial charge on any atom is 0.219 e. The van der Waals surface area contributed by atoms with Crippen molar-refractivity contribution in [1.29, 1.82) is 0 Å². The van der Waals surface area contributed by atoms with Crippen molar-refractivity contribution in [1.82, 2.24) is 9.80 Å². The van der Waals surface area contributed by atoms with Crippen molar-refractivity contribution in [3.05, 3.63) is 0 Å². The van der Waals surface area contributed by atoms with E-state index in [1.54, 1.807) is 6.92 Å². The number of hydrogen-bond donors (Lipinski definition) is 1. The standard InChI is InChI=1S/C10H18N2O2/c1-8(13)12-5-9(6-12)4-11-3-2-10(14)7-11/h9-10,14H,2-7H2,1H3/t10-/m0/s1. The molecule has 14 heavy (non-hydrogen) atoms. The molecule has 0 aromatic carbocycles. The van der Waals surface area contributed by atoms with Gasteiger partial charge in [-0.2, -0.15) is 0 Å². The molecule has 1 atom stereocenters. The highest BCUT2D eigenvalue weighted by molar-refractivity contribution is 5.74. The lowest BCUT2D eigenvalue weighted by Gasteiger charge is -2.40. The first-order valence-electron chi connectivity index (χ1n) is 5.31. The largest absolute Gasteiger partial charge is 0.392 e. The summed E-state index contributed by atoms with van der Waals surface area (Å²) in [6.45, 7) is 6.30. The van der Waals surface area contributed by atoms with Crippen molar-refractivity contribution in [2.75, 3.05) is 32.7 Å². The molecule has 0 saturated carbocycles. The smallest absolute Gasteiger partial charge is 0.219 e. The van der Waals surface area contributed by atoms with Crippen LogP contribution in [0.2, 0.25) is 0 Å². The Morgan fingerprint density at radius 2 is 2.14 bits per heavy atom. The van der Waals surface area contributed by atoms with E-state index in [2.05, 4.69) is 4.90 Å². The average molecular weight is 198 g/mol. The maximum absolute atomic E-state index is 10.9. The van der Waals surface area contributed by atoms with Crippen LogP contribution in [0.25, 0.3) is 0 Å². The summed E-state index contributed by atoms with van der Waals surface area (Å²) in [6.07, 6.45) is 0.780. The van der Waals surface area contributed by atoms with Gasteiger partial charge >= 0.3 is 0 Å². The highest BCUT2D eigenvalue weighted by Crippen LogP contribution is 2.19. The van der Waals surface area contributed by atoms with Gasteiger partial charge < -0.3 is 14.9 Å². The molecule has 0 spiro atoms. The summed E-state index contributed by atoms with van der Waals surface area (Å²) in [7, 11) is 0. The van der Waals surface area contributed by atoms with Gasteiger partial charge in [-0.25, -0.2) is 0 Å². The molecule has 0 aliphatic carbocycles. The molecule has 2 aliphatic heterocycles. The van der Waals surface area contributed by atoms with Gasteiger partial charge in [-0.1, -0.05) is 0 Å². The molecule has 0 aromatic heterocycles. The molecule has 0 radical (unpaired) electrons. The zero-order valence-electron chi connectivity index (χ0n) is 8.65. The van der Waals surface area contributed by atoms with E-state index >= 15 is 0 Å². The fraction of sp³-hybridized carbons (Fsp3) is 0.900. The van der Waals surface area contributed by atoms with Gasteiger partial charge in [0, 0.05) is 45.6 Å². The number of carbonyl (C=O) groups is 1. The van der Waals surface area contributed by atoms with Crippen LogP contribution in [0.4, 0.5) is 0 Å². The number of amides is 1. The van der Waals surface area contributed by atoms with Crippen molar-refractivity contribution < 1.29 is 9.90 Å². The number of nitrogens with zero attached hydrogens (tertiary/aromatic N) is 2. The highest BCUT2D eigenvalue weighted by Gasteiger charge is 2.31. The summed E-state index contributed by atoms with van der Waals surface area (Å²) in [6, 6.07) is 0. The minimum Gasteiger partial charge on any atom is -0.392 e. The van der Waals surface area contributed by atoms with Crippen molar-refractivity contribution in [3.63, 3.8) is 0 Å². The first-order chi connectivity index (χ1) is 6.65. The molecular formula is C10H18N2O2. The number of aliphatic hydroxyl groups excluding tert-OH is 1. The molecule has 1 amide bonds. The van der Waals surface area contributed by atoms with Crippen LogP contribution in [0.15, 0.2) is 0 Å². The van der Waals surface area contributed by atoms with E-state index in [9.17, 15) is 9.90 Å². The fourth-order valence-electron chi connectivity index (χ4n) is 2.29. The lowest BCUT2D eigenvalue weighted by Crippen LogP contribution is -2.52. The van der Waals surface area contributed by atoms with Crippen LogP contribution in [0, 0.1) is 5.92 Å². The predicted octanol–water partition coefficient (Wildman–Crippen LogP) is -0.469. The molecule has 0 unspecified atom stereocenters. The second-order valence-electron chi connectivity index (χ2n) is 4.49. The molecule has 2 aliphatic rings. The molecule has 2 rings (SSSR count). The van der Waals surface area contributed by atoms with Gasteiger partial charge in [0.05, 0.1) is 6.10 Å². The van der Waals surface area contributed by atoms with Crippen LogP contribution in [0.3, 0.4) is 0 Å². The Morgan fingerprint density at radius 1 is 1.43 bits per heavy atom. The van der Waals surface area contributed by atoms with E-state index in [1.807, 2.05) is 4.90 Å². The normalized spacial score (nSPS) is 29.3. The highest BCUT2D eigenvalue weighted by atomic mass is 16.3. The summed E-state index contributed by atoms with van der Waals surface area (Å²) < 4.78 is 0. The number of likely N-dealkylation sites (tertiary alicyclic amines) is 2. The first-order valence-corrected chi connectivity index (χ1v) is 5.31. The summed E-state index contributed by atoms with van der Waals surface area (Å²) in [4.78, 5) is 15.1. The minimum atomic E-state index is -0.126. The third-order valence-corrected chi connectivity index (χ3v) is 3.17. The van der Waals surface area contributed by atoms with E-state index in [0.717, 1.165) is 39.1 Å². The van der Waals surface area contributed by atoms with Gasteiger partial charge in [-0.15, -0.1) is 0 Å². The van der Waals surface area contributed by atoms with E-state index in [4.69, 9.17) is 0 Å². The van der Waals surface area contributed by atoms with Crippen LogP contribution in [-0.4, -0.2) is 59.6 Å². The lowest BCUT2D eigenvalue weighted by molar-refractivity contribution is -0.135. The zero-order chi connectivity index (χ0) is 10.1. The van der Waals surface area contributed by atoms with Gasteiger partial charge in [0.25, 0.3) is 0 Å². The van der Waals surface area contributed by atoms with E-state index in [0.29, 0.717) is 5.92 Å². The fourth-order valence-corrected chi connectivity index (χ4v) is 2.29. The van der Waals surface area contributed by atoms with Crippen molar-refractivity contribution in [2.45, 2.75) is 19.4 Å². The summed E-state index contributed by atoms with van der Waals surface area (Å²) >= 11 is 0. The van der Waals surface area contributed by atoms with Crippen LogP contribution < -0.4 is 0 Å². The molecule has 4 nitrogen and oxygen atoms in total. The van der Waals surface area contributed by atoms with Gasteiger partial charge in [0.1, 0.15) is 0 Å². The number of β-amino-alcohol motifs (C(OH)–C–C–N with tert-alkyl or cyclic N) is 1. The Morgan fingerprint density at radius 3 is 2.64 bits per heavy atom. The maximum atomic E-state index is 10.9. The number of aliphatic hydroxyl groups is 1. The summed E-state index contributed by atoms with van der Waals surface area (Å²) in [5, 5.41) is 9.34. The molecule has 2 saturated heterocycles. The Hall–Kier alpha value is -0.610. The quantitative estimate of drug-likeness (QED) is 0.652. The average Bonchev–Trinajstić information content (AvgIpc) is 2.42. The zero-order valence-corrected chi connectivity index (χ0v) is 8.65. The topological polar surface area (TPSA) is 43.8 Å². The van der Waals surface area contributed by atoms with Gasteiger partial charge in [0.2, 0.25) is 5.91 Å². The van der Waals surface area contributed by atoms with E-state index in [1.165, 1.54) is 0 Å². The van der Waals surface area contributed by atoms with Crippen LogP contribution in [0.5, 0.6) is 0 Å². The van der Waals surface area contributed by atoms with Crippen LogP contribution >= 0.6 is 0 Å². The minimum absolute atomic E-state index is 0.126. The van der Waals surface area contributed by atoms with E-state index in [-0.39, 0.29) is 12.0 Å². The third kappa shape index (κ3) is 2.07. The van der Waals surface area contributed by atoms with Gasteiger partial charge in [0.15, 0.2) is 0 Å². The van der Waals surface area contributed by atoms with Gasteiger partial charge in [-0.05, 0) is 6.42 Å². The predicted molar refractivity (Wildman–Crippen MR) is 52.8 cm³/mol. The summed E-state index contributed by atoms with van der Waals surface area (Å²) in [5.74, 6) is 0.812. The Bertz CT molecular complexity index is 226. The molecule has 0 bridgehead atoms. The lowest BCUT2D eigenvalue weighted by atomic mass is 10.00. The Kier molecular flexibility index (Phi) is 2.74. The van der Waals surface area contributed by atoms with Crippen molar-refractivity contribution in [3.8, 4) is 0 Å². The molecule has 80 valence electrons. The van der Waals surface area contributed by atoms with Crippen molar-refractivity contribution >= 4 is 5.91 Å². The van der Waals surface area contributed by atoms with Crippen LogP contribution in [0.1, 0.15) is 13.3 Å². The van der Waals surface area contributed by atoms with Gasteiger partial charge in [-0.3, -0.25) is 4.79 Å². The number of hydrogen-bond acceptors (Lipinski definition) is 3. The summed E-state index contributed by atoms with van der Waals surface area (Å²) in [5.41, 5.74) is 0. The Balaban J connectivity index is 1.67. The Labute approximate surface area is 84.5 Å². The molecule has 4 heteroatoms. The number of carbonyl (C=O) groups excluding carboxylic acids is 1. The molecular weight excluding hydrogens is 180 g/mol. The number of rotatable bonds is 2. The second-order valence-corrected chi connectivity index (χ2v) is 4.49.